The summed E-state index contributed by atoms with van der Waals surface area (Å²) in [6.07, 6.45) is 4.16. The molecule has 6 heteroatoms. The van der Waals surface area contributed by atoms with Crippen LogP contribution in [0, 0.1) is 13.8 Å². The van der Waals surface area contributed by atoms with Gasteiger partial charge >= 0.3 is 0 Å². The highest BCUT2D eigenvalue weighted by molar-refractivity contribution is 5.95. The summed E-state index contributed by atoms with van der Waals surface area (Å²) in [5.41, 5.74) is 9.69. The average molecular weight is 493 g/mol. The minimum absolute atomic E-state index is 0.218. The lowest BCUT2D eigenvalue weighted by atomic mass is 10.2. The molecule has 0 unspecified atom stereocenters. The van der Waals surface area contributed by atoms with Crippen LogP contribution >= 0.6 is 0 Å². The van der Waals surface area contributed by atoms with E-state index in [-0.39, 0.29) is 5.91 Å². The Kier molecular flexibility index (Phi) is 7.36. The van der Waals surface area contributed by atoms with E-state index < -0.39 is 0 Å². The Balaban J connectivity index is 1.21. The zero-order valence-electron chi connectivity index (χ0n) is 21.4. The number of ether oxygens (including phenoxy) is 1. The summed E-state index contributed by atoms with van der Waals surface area (Å²) >= 11 is 0. The summed E-state index contributed by atoms with van der Waals surface area (Å²) < 4.78 is 8.09. The van der Waals surface area contributed by atoms with Crippen molar-refractivity contribution in [2.24, 2.45) is 5.10 Å². The van der Waals surface area contributed by atoms with E-state index in [0.717, 1.165) is 47.0 Å². The molecule has 5 rings (SSSR count). The van der Waals surface area contributed by atoms with Crippen LogP contribution in [-0.2, 0) is 6.61 Å². The predicted molar refractivity (Wildman–Crippen MR) is 149 cm³/mol. The van der Waals surface area contributed by atoms with Gasteiger partial charge in [0.25, 0.3) is 5.91 Å². The zero-order valence-corrected chi connectivity index (χ0v) is 21.4. The first-order chi connectivity index (χ1) is 18.1. The molecule has 1 fully saturated rings. The smallest absolute Gasteiger partial charge is 0.271 e. The second-order valence-electron chi connectivity index (χ2n) is 9.37. The Morgan fingerprint density at radius 1 is 0.919 bits per heavy atom. The molecule has 1 aromatic heterocycles. The number of aromatic nitrogens is 1. The highest BCUT2D eigenvalue weighted by Gasteiger charge is 2.13. The molecule has 2 heterocycles. The molecule has 0 aliphatic carbocycles. The van der Waals surface area contributed by atoms with Crippen LogP contribution in [0.4, 0.5) is 5.69 Å². The molecule has 1 amide bonds. The van der Waals surface area contributed by atoms with Crippen LogP contribution in [0.5, 0.6) is 5.75 Å². The maximum atomic E-state index is 12.6. The monoisotopic (exact) mass is 492 g/mol. The predicted octanol–water partition coefficient (Wildman–Crippen LogP) is 6.04. The first kappa shape index (κ1) is 24.4. The van der Waals surface area contributed by atoms with E-state index in [1.54, 1.807) is 6.21 Å². The first-order valence-electron chi connectivity index (χ1n) is 12.7. The van der Waals surface area contributed by atoms with Gasteiger partial charge in [0.15, 0.2) is 0 Å². The molecular formula is C31H32N4O2. The number of carbonyl (C=O) groups is 1. The minimum atomic E-state index is -0.218. The number of anilines is 1. The van der Waals surface area contributed by atoms with Crippen molar-refractivity contribution in [1.82, 2.24) is 9.99 Å². The van der Waals surface area contributed by atoms with Gasteiger partial charge in [0.1, 0.15) is 12.4 Å². The molecule has 6 nitrogen and oxygen atoms in total. The van der Waals surface area contributed by atoms with Crippen molar-refractivity contribution < 1.29 is 9.53 Å². The van der Waals surface area contributed by atoms with Crippen molar-refractivity contribution in [3.05, 3.63) is 113 Å². The number of hydrogen-bond donors (Lipinski definition) is 1. The zero-order chi connectivity index (χ0) is 25.6. The van der Waals surface area contributed by atoms with Gasteiger partial charge in [-0.1, -0.05) is 30.3 Å². The summed E-state index contributed by atoms with van der Waals surface area (Å²) in [4.78, 5) is 14.9. The van der Waals surface area contributed by atoms with E-state index in [4.69, 9.17) is 4.74 Å². The van der Waals surface area contributed by atoms with Crippen LogP contribution in [-0.4, -0.2) is 29.8 Å². The van der Waals surface area contributed by atoms with Gasteiger partial charge in [-0.25, -0.2) is 5.43 Å². The minimum Gasteiger partial charge on any atom is -0.489 e. The molecule has 1 aliphatic rings. The van der Waals surface area contributed by atoms with Gasteiger partial charge in [-0.15, -0.1) is 0 Å². The van der Waals surface area contributed by atoms with Gasteiger partial charge in [0.2, 0.25) is 0 Å². The Morgan fingerprint density at radius 3 is 2.30 bits per heavy atom. The van der Waals surface area contributed by atoms with Crippen LogP contribution in [0.1, 0.15) is 45.7 Å². The molecule has 1 aliphatic heterocycles. The lowest BCUT2D eigenvalue weighted by Gasteiger charge is -2.17. The van der Waals surface area contributed by atoms with Crippen molar-refractivity contribution in [3.8, 4) is 11.4 Å². The Bertz CT molecular complexity index is 1370. The first-order valence-corrected chi connectivity index (χ1v) is 12.7. The molecular weight excluding hydrogens is 460 g/mol. The van der Waals surface area contributed by atoms with Crippen molar-refractivity contribution in [2.75, 3.05) is 18.0 Å². The maximum Gasteiger partial charge on any atom is 0.271 e. The van der Waals surface area contributed by atoms with Gasteiger partial charge in [0.05, 0.1) is 6.21 Å². The number of benzene rings is 3. The molecule has 0 atom stereocenters. The number of carbonyl (C=O) groups excluding carboxylic acids is 1. The van der Waals surface area contributed by atoms with Gasteiger partial charge in [-0.05, 0) is 86.8 Å². The topological polar surface area (TPSA) is 58.9 Å². The number of aryl methyl sites for hydroxylation is 1. The lowest BCUT2D eigenvalue weighted by molar-refractivity contribution is 0.0955. The van der Waals surface area contributed by atoms with Gasteiger partial charge < -0.3 is 14.2 Å². The standard InChI is InChI=1S/C31H32N4O2/c1-23-20-27(21-32-33-31(36)26-10-12-28(13-11-26)34-18-6-7-19-34)24(2)35(23)29-14-16-30(17-15-29)37-22-25-8-4-3-5-9-25/h3-5,8-17,20-21H,6-7,18-19,22H2,1-2H3,(H,33,36)/b32-21-. The molecule has 3 aromatic carbocycles. The molecule has 37 heavy (non-hydrogen) atoms. The molecule has 4 aromatic rings. The van der Waals surface area contributed by atoms with Crippen LogP contribution in [0.2, 0.25) is 0 Å². The van der Waals surface area contributed by atoms with Gasteiger partial charge in [-0.2, -0.15) is 5.10 Å². The van der Waals surface area contributed by atoms with Crippen molar-refractivity contribution in [2.45, 2.75) is 33.3 Å². The molecule has 0 spiro atoms. The van der Waals surface area contributed by atoms with Crippen LogP contribution in [0.25, 0.3) is 5.69 Å². The summed E-state index contributed by atoms with van der Waals surface area (Å²) in [6.45, 7) is 6.81. The molecule has 1 N–H and O–H groups in total. The number of hydrazone groups is 1. The highest BCUT2D eigenvalue weighted by atomic mass is 16.5. The Hall–Kier alpha value is -4.32. The fourth-order valence-corrected chi connectivity index (χ4v) is 4.77. The Morgan fingerprint density at radius 2 is 1.59 bits per heavy atom. The average Bonchev–Trinajstić information content (AvgIpc) is 3.57. The van der Waals surface area contributed by atoms with Crippen LogP contribution < -0.4 is 15.1 Å². The molecule has 188 valence electrons. The number of nitrogens with zero attached hydrogens (tertiary/aromatic N) is 3. The fourth-order valence-electron chi connectivity index (χ4n) is 4.77. The summed E-state index contributed by atoms with van der Waals surface area (Å²) in [5, 5.41) is 4.23. The normalized spacial score (nSPS) is 13.3. The number of nitrogens with one attached hydrogen (secondary N) is 1. The van der Waals surface area contributed by atoms with E-state index in [1.807, 2.05) is 61.5 Å². The molecule has 0 saturated carbocycles. The largest absolute Gasteiger partial charge is 0.489 e. The summed E-state index contributed by atoms with van der Waals surface area (Å²) in [7, 11) is 0. The van der Waals surface area contributed by atoms with E-state index in [9.17, 15) is 4.79 Å². The number of rotatable bonds is 8. The van der Waals surface area contributed by atoms with Crippen LogP contribution in [0.3, 0.4) is 0 Å². The number of amides is 1. The molecule has 1 saturated heterocycles. The molecule has 0 radical (unpaired) electrons. The molecule has 0 bridgehead atoms. The van der Waals surface area contributed by atoms with Crippen molar-refractivity contribution in [1.29, 1.82) is 0 Å². The van der Waals surface area contributed by atoms with E-state index in [1.165, 1.54) is 18.5 Å². The van der Waals surface area contributed by atoms with E-state index >= 15 is 0 Å². The summed E-state index contributed by atoms with van der Waals surface area (Å²) in [6, 6.07) is 28.0. The van der Waals surface area contributed by atoms with E-state index in [2.05, 4.69) is 57.2 Å². The third-order valence-corrected chi connectivity index (χ3v) is 6.78. The van der Waals surface area contributed by atoms with Crippen molar-refractivity contribution in [3.63, 3.8) is 0 Å². The van der Waals surface area contributed by atoms with Crippen LogP contribution in [0.15, 0.2) is 90.0 Å². The van der Waals surface area contributed by atoms with Gasteiger partial charge in [-0.3, -0.25) is 4.79 Å². The Labute approximate surface area is 218 Å². The quantitative estimate of drug-likeness (QED) is 0.241. The van der Waals surface area contributed by atoms with Gasteiger partial charge in [0, 0.05) is 47.0 Å². The van der Waals surface area contributed by atoms with E-state index in [0.29, 0.717) is 12.2 Å². The lowest BCUT2D eigenvalue weighted by Crippen LogP contribution is -2.19. The maximum absolute atomic E-state index is 12.6. The van der Waals surface area contributed by atoms with Crippen molar-refractivity contribution >= 4 is 17.8 Å². The highest BCUT2D eigenvalue weighted by Crippen LogP contribution is 2.23. The number of hydrogen-bond acceptors (Lipinski definition) is 4. The summed E-state index contributed by atoms with van der Waals surface area (Å²) in [5.74, 6) is 0.608. The third kappa shape index (κ3) is 5.75. The third-order valence-electron chi connectivity index (χ3n) is 6.78. The SMILES string of the molecule is Cc1cc(/C=N\NC(=O)c2ccc(N3CCCC3)cc2)c(C)n1-c1ccc(OCc2ccccc2)cc1. The second-order valence-corrected chi connectivity index (χ2v) is 9.37. The fraction of sp³-hybridized carbons (Fsp3) is 0.226. The second kappa shape index (κ2) is 11.2.